The molecule has 0 amide bonds. The summed E-state index contributed by atoms with van der Waals surface area (Å²) in [7, 11) is 0. The van der Waals surface area contributed by atoms with E-state index < -0.39 is 5.41 Å². The van der Waals surface area contributed by atoms with Crippen LogP contribution in [0.3, 0.4) is 0 Å². The molecule has 3 aromatic carbocycles. The lowest BCUT2D eigenvalue weighted by molar-refractivity contribution is 0.378. The minimum absolute atomic E-state index is 0.282. The van der Waals surface area contributed by atoms with E-state index in [2.05, 4.69) is 73.2 Å². The molecule has 2 heterocycles. The highest BCUT2D eigenvalue weighted by atomic mass is 16.5. The van der Waals surface area contributed by atoms with E-state index >= 15 is 0 Å². The van der Waals surface area contributed by atoms with Crippen molar-refractivity contribution in [2.75, 3.05) is 0 Å². The third kappa shape index (κ3) is 2.69. The van der Waals surface area contributed by atoms with Crippen LogP contribution in [-0.2, 0) is 10.8 Å². The van der Waals surface area contributed by atoms with E-state index in [0.717, 1.165) is 47.6 Å². The van der Waals surface area contributed by atoms with Crippen molar-refractivity contribution in [2.24, 2.45) is 0 Å². The summed E-state index contributed by atoms with van der Waals surface area (Å²) >= 11 is 0. The summed E-state index contributed by atoms with van der Waals surface area (Å²) in [5.74, 6) is 6.33. The Morgan fingerprint density at radius 3 is 1.79 bits per heavy atom. The summed E-state index contributed by atoms with van der Waals surface area (Å²) in [4.78, 5) is 0. The van der Waals surface area contributed by atoms with Crippen LogP contribution in [0.5, 0.6) is 17.2 Å². The van der Waals surface area contributed by atoms with Crippen LogP contribution in [-0.4, -0.2) is 0 Å². The van der Waals surface area contributed by atoms with Crippen molar-refractivity contribution in [1.82, 2.24) is 0 Å². The fourth-order valence-electron chi connectivity index (χ4n) is 5.88. The molecule has 2 nitrogen and oxygen atoms in total. The fraction of sp³-hybridized carbons (Fsp3) is 0.161. The quantitative estimate of drug-likeness (QED) is 0.301. The Kier molecular flexibility index (Phi) is 4.35. The Labute approximate surface area is 194 Å². The van der Waals surface area contributed by atoms with Gasteiger partial charge in [0.05, 0.1) is 11.0 Å². The average Bonchev–Trinajstić information content (AvgIpc) is 3.06. The summed E-state index contributed by atoms with van der Waals surface area (Å²) in [6, 6.07) is 25.0. The van der Waals surface area contributed by atoms with E-state index in [1.165, 1.54) is 11.1 Å². The Hall–Kier alpha value is -3.96. The summed E-state index contributed by atoms with van der Waals surface area (Å²) < 4.78 is 12.5. The van der Waals surface area contributed by atoms with Crippen molar-refractivity contribution in [1.29, 1.82) is 0 Å². The molecule has 1 atom stereocenters. The molecular formula is C31H24O2. The smallest absolute Gasteiger partial charge is 0.139 e. The van der Waals surface area contributed by atoms with Gasteiger partial charge in [0.15, 0.2) is 0 Å². The maximum atomic E-state index is 6.31. The molecule has 2 aliphatic heterocycles. The van der Waals surface area contributed by atoms with Gasteiger partial charge in [-0.25, -0.2) is 0 Å². The summed E-state index contributed by atoms with van der Waals surface area (Å²) in [5, 5.41) is 0. The van der Waals surface area contributed by atoms with Gasteiger partial charge in [-0.3, -0.25) is 0 Å². The number of para-hydroxylation sites is 3. The summed E-state index contributed by atoms with van der Waals surface area (Å²) in [6.07, 6.45) is 15.4. The highest BCUT2D eigenvalue weighted by Gasteiger charge is 2.47. The molecule has 2 heteroatoms. The first-order valence-corrected chi connectivity index (χ1v) is 11.4. The number of benzene rings is 3. The van der Waals surface area contributed by atoms with E-state index in [0.29, 0.717) is 5.76 Å². The van der Waals surface area contributed by atoms with Crippen LogP contribution >= 0.6 is 0 Å². The van der Waals surface area contributed by atoms with Crippen LogP contribution in [0.1, 0.15) is 36.0 Å². The van der Waals surface area contributed by atoms with E-state index in [4.69, 9.17) is 15.9 Å². The number of fused-ring (bicyclic) bond motifs is 6. The van der Waals surface area contributed by atoms with Gasteiger partial charge in [0.25, 0.3) is 0 Å². The molecule has 6 rings (SSSR count). The van der Waals surface area contributed by atoms with Crippen molar-refractivity contribution in [2.45, 2.75) is 30.1 Å². The molecule has 33 heavy (non-hydrogen) atoms. The van der Waals surface area contributed by atoms with Gasteiger partial charge in [-0.1, -0.05) is 85.7 Å². The number of ether oxygens (including phenoxy) is 2. The highest BCUT2D eigenvalue weighted by molar-refractivity contribution is 5.64. The van der Waals surface area contributed by atoms with Crippen LogP contribution < -0.4 is 9.47 Å². The molecule has 0 saturated heterocycles. The van der Waals surface area contributed by atoms with Crippen molar-refractivity contribution >= 4 is 0 Å². The number of terminal acetylenes is 1. The molecule has 1 aliphatic carbocycles. The molecule has 0 N–H and O–H groups in total. The predicted molar refractivity (Wildman–Crippen MR) is 132 cm³/mol. The normalized spacial score (nSPS) is 21.7. The standard InChI is InChI=1S/C31H24O2/c1-3-22-26(4-2)32-27-15-8-5-12-23(27)30(22)18-11-19-31(21-20-30)24-13-6-9-16-28(24)33-29-17-10-7-14-25(29)31/h1,4-10,12-17,20-21H,2,11,18-19H2. The minimum Gasteiger partial charge on any atom is -0.457 e. The lowest BCUT2D eigenvalue weighted by atomic mass is 9.69. The molecule has 2 spiro atoms. The first-order chi connectivity index (χ1) is 16.2. The van der Waals surface area contributed by atoms with Gasteiger partial charge in [0.2, 0.25) is 0 Å². The maximum absolute atomic E-state index is 6.31. The van der Waals surface area contributed by atoms with Crippen molar-refractivity contribution in [3.8, 4) is 29.6 Å². The number of hydrogen-bond donors (Lipinski definition) is 0. The topological polar surface area (TPSA) is 18.5 Å². The molecule has 3 aromatic rings. The zero-order valence-electron chi connectivity index (χ0n) is 18.4. The molecule has 3 aliphatic rings. The SMILES string of the molecule is C#CC1=C(C=C)Oc2ccccc2C12C=CC1(CCC2)c2ccccc2Oc2ccccc21. The zero-order chi connectivity index (χ0) is 22.5. The Morgan fingerprint density at radius 2 is 1.21 bits per heavy atom. The second kappa shape index (κ2) is 7.29. The second-order valence-corrected chi connectivity index (χ2v) is 8.91. The first kappa shape index (κ1) is 19.7. The molecule has 0 radical (unpaired) electrons. The van der Waals surface area contributed by atoms with Gasteiger partial charge < -0.3 is 9.47 Å². The second-order valence-electron chi connectivity index (χ2n) is 8.91. The van der Waals surface area contributed by atoms with E-state index in [-0.39, 0.29) is 5.41 Å². The minimum atomic E-state index is -0.432. The third-order valence-corrected chi connectivity index (χ3v) is 7.36. The van der Waals surface area contributed by atoms with Gasteiger partial charge in [0, 0.05) is 22.1 Å². The number of allylic oxidation sites excluding steroid dienone is 4. The Morgan fingerprint density at radius 1 is 0.727 bits per heavy atom. The van der Waals surface area contributed by atoms with Crippen LogP contribution in [0.4, 0.5) is 0 Å². The van der Waals surface area contributed by atoms with E-state index in [9.17, 15) is 0 Å². The van der Waals surface area contributed by atoms with Crippen molar-refractivity contribution in [3.05, 3.63) is 126 Å². The maximum Gasteiger partial charge on any atom is 0.139 e. The van der Waals surface area contributed by atoms with Gasteiger partial charge in [-0.05, 0) is 37.1 Å². The lowest BCUT2D eigenvalue weighted by Gasteiger charge is -2.38. The fourth-order valence-corrected chi connectivity index (χ4v) is 5.88. The third-order valence-electron chi connectivity index (χ3n) is 7.36. The van der Waals surface area contributed by atoms with Crippen LogP contribution in [0.15, 0.2) is 109 Å². The van der Waals surface area contributed by atoms with Gasteiger partial charge in [-0.2, -0.15) is 0 Å². The van der Waals surface area contributed by atoms with E-state index in [1.807, 2.05) is 24.3 Å². The monoisotopic (exact) mass is 428 g/mol. The lowest BCUT2D eigenvalue weighted by Crippen LogP contribution is -2.31. The predicted octanol–water partition coefficient (Wildman–Crippen LogP) is 7.22. The van der Waals surface area contributed by atoms with Gasteiger partial charge >= 0.3 is 0 Å². The zero-order valence-corrected chi connectivity index (χ0v) is 18.4. The highest BCUT2D eigenvalue weighted by Crippen LogP contribution is 2.56. The van der Waals surface area contributed by atoms with Crippen LogP contribution in [0.25, 0.3) is 0 Å². The van der Waals surface area contributed by atoms with Crippen LogP contribution in [0, 0.1) is 12.3 Å². The van der Waals surface area contributed by atoms with Crippen molar-refractivity contribution < 1.29 is 9.47 Å². The van der Waals surface area contributed by atoms with Crippen LogP contribution in [0.2, 0.25) is 0 Å². The Bertz CT molecular complexity index is 1340. The van der Waals surface area contributed by atoms with Gasteiger partial charge in [-0.15, -0.1) is 6.42 Å². The Balaban J connectivity index is 1.63. The molecule has 0 fully saturated rings. The molecule has 1 unspecified atom stereocenters. The first-order valence-electron chi connectivity index (χ1n) is 11.4. The molecule has 160 valence electrons. The average molecular weight is 429 g/mol. The largest absolute Gasteiger partial charge is 0.457 e. The number of rotatable bonds is 1. The van der Waals surface area contributed by atoms with Crippen molar-refractivity contribution in [3.63, 3.8) is 0 Å². The molecule has 0 aromatic heterocycles. The van der Waals surface area contributed by atoms with E-state index in [1.54, 1.807) is 6.08 Å². The summed E-state index contributed by atoms with van der Waals surface area (Å²) in [6.45, 7) is 3.98. The molecule has 0 bridgehead atoms. The van der Waals surface area contributed by atoms with Gasteiger partial charge in [0.1, 0.15) is 23.0 Å². The summed E-state index contributed by atoms with van der Waals surface area (Å²) in [5.41, 5.74) is 3.65. The molecular weight excluding hydrogens is 404 g/mol. The number of hydrogen-bond acceptors (Lipinski definition) is 2. The molecule has 0 saturated carbocycles.